The van der Waals surface area contributed by atoms with Gasteiger partial charge in [0.2, 0.25) is 0 Å². The lowest BCUT2D eigenvalue weighted by Gasteiger charge is -2.08. The van der Waals surface area contributed by atoms with E-state index in [9.17, 15) is 9.18 Å². The molecule has 0 spiro atoms. The largest absolute Gasteiger partial charge is 0.465 e. The van der Waals surface area contributed by atoms with Crippen LogP contribution in [0.15, 0.2) is 30.6 Å². The summed E-state index contributed by atoms with van der Waals surface area (Å²) in [5.74, 6) is -0.914. The first-order valence-corrected chi connectivity index (χ1v) is 5.55. The third kappa shape index (κ3) is 3.09. The van der Waals surface area contributed by atoms with Crippen molar-refractivity contribution in [1.29, 1.82) is 0 Å². The molecule has 0 fully saturated rings. The quantitative estimate of drug-likeness (QED) is 0.876. The molecular weight excluding hydrogens is 285 g/mol. The summed E-state index contributed by atoms with van der Waals surface area (Å²) in [4.78, 5) is 19.7. The van der Waals surface area contributed by atoms with Gasteiger partial charge in [-0.2, -0.15) is 0 Å². The van der Waals surface area contributed by atoms with E-state index in [0.29, 0.717) is 17.0 Å². The molecule has 0 unspecified atom stereocenters. The minimum absolute atomic E-state index is 0. The van der Waals surface area contributed by atoms with Gasteiger partial charge in [-0.05, 0) is 6.07 Å². The van der Waals surface area contributed by atoms with E-state index in [1.807, 2.05) is 0 Å². The van der Waals surface area contributed by atoms with Crippen LogP contribution in [0.5, 0.6) is 0 Å². The Labute approximate surface area is 121 Å². The van der Waals surface area contributed by atoms with Crippen LogP contribution in [0.1, 0.15) is 16.2 Å². The van der Waals surface area contributed by atoms with Gasteiger partial charge in [0.15, 0.2) is 0 Å². The standard InChI is InChI=1S/C13H12FN3O2.ClH/c1-19-13(18)12-9(3-2-4-10(12)14)8-6-16-11(5-15)17-7-8;/h2-4,6-7H,5,15H2,1H3;1H. The molecule has 5 nitrogen and oxygen atoms in total. The van der Waals surface area contributed by atoms with Crippen LogP contribution in [0.25, 0.3) is 11.1 Å². The van der Waals surface area contributed by atoms with E-state index in [4.69, 9.17) is 5.73 Å². The number of hydrogen-bond donors (Lipinski definition) is 1. The number of hydrogen-bond acceptors (Lipinski definition) is 5. The number of rotatable bonds is 3. The average molecular weight is 298 g/mol. The first kappa shape index (κ1) is 16.0. The smallest absolute Gasteiger partial charge is 0.341 e. The number of halogens is 2. The second kappa shape index (κ2) is 6.93. The highest BCUT2D eigenvalue weighted by Gasteiger charge is 2.18. The predicted molar refractivity (Wildman–Crippen MR) is 73.9 cm³/mol. The Hall–Kier alpha value is -2.05. The SMILES string of the molecule is COC(=O)c1c(F)cccc1-c1cnc(CN)nc1.Cl. The summed E-state index contributed by atoms with van der Waals surface area (Å²) in [5.41, 5.74) is 6.18. The van der Waals surface area contributed by atoms with Gasteiger partial charge in [0.05, 0.1) is 13.7 Å². The van der Waals surface area contributed by atoms with Crippen molar-refractivity contribution in [2.75, 3.05) is 7.11 Å². The second-order valence-corrected chi connectivity index (χ2v) is 3.75. The number of aromatic nitrogens is 2. The molecule has 0 radical (unpaired) electrons. The highest BCUT2D eigenvalue weighted by Crippen LogP contribution is 2.25. The molecule has 0 aliphatic heterocycles. The molecule has 2 rings (SSSR count). The van der Waals surface area contributed by atoms with E-state index in [-0.39, 0.29) is 24.5 Å². The number of ether oxygens (including phenoxy) is 1. The lowest BCUT2D eigenvalue weighted by molar-refractivity contribution is 0.0596. The number of carbonyl (C=O) groups is 1. The Morgan fingerprint density at radius 3 is 2.55 bits per heavy atom. The molecule has 2 aromatic rings. The normalized spacial score (nSPS) is 9.75. The van der Waals surface area contributed by atoms with Gasteiger partial charge in [-0.1, -0.05) is 12.1 Å². The zero-order valence-electron chi connectivity index (χ0n) is 10.7. The maximum Gasteiger partial charge on any atom is 0.341 e. The third-order valence-electron chi connectivity index (χ3n) is 2.60. The number of carbonyl (C=O) groups excluding carboxylic acids is 1. The van der Waals surface area contributed by atoms with Gasteiger partial charge in [0.1, 0.15) is 17.2 Å². The van der Waals surface area contributed by atoms with Crippen molar-refractivity contribution in [1.82, 2.24) is 9.97 Å². The minimum Gasteiger partial charge on any atom is -0.465 e. The number of methoxy groups -OCH3 is 1. The van der Waals surface area contributed by atoms with Gasteiger partial charge in [0.25, 0.3) is 0 Å². The number of benzene rings is 1. The van der Waals surface area contributed by atoms with Gasteiger partial charge in [-0.3, -0.25) is 0 Å². The molecule has 1 aromatic heterocycles. The molecule has 0 atom stereocenters. The minimum atomic E-state index is -0.740. The molecule has 1 heterocycles. The number of nitrogens with two attached hydrogens (primary N) is 1. The van der Waals surface area contributed by atoms with E-state index in [0.717, 1.165) is 0 Å². The van der Waals surface area contributed by atoms with Crippen molar-refractivity contribution >= 4 is 18.4 Å². The predicted octanol–water partition coefficient (Wildman–Crippen LogP) is 1.95. The molecule has 0 aliphatic rings. The van der Waals surface area contributed by atoms with Crippen molar-refractivity contribution in [2.24, 2.45) is 5.73 Å². The summed E-state index contributed by atoms with van der Waals surface area (Å²) in [5, 5.41) is 0. The Bertz CT molecular complexity index is 605. The highest BCUT2D eigenvalue weighted by molar-refractivity contribution is 5.97. The van der Waals surface area contributed by atoms with Gasteiger partial charge in [0, 0.05) is 23.5 Å². The van der Waals surface area contributed by atoms with Crippen molar-refractivity contribution < 1.29 is 13.9 Å². The number of esters is 1. The molecule has 106 valence electrons. The van der Waals surface area contributed by atoms with Gasteiger partial charge in [-0.15, -0.1) is 12.4 Å². The molecule has 2 N–H and O–H groups in total. The van der Waals surface area contributed by atoms with Gasteiger partial charge in [-0.25, -0.2) is 19.2 Å². The zero-order valence-corrected chi connectivity index (χ0v) is 11.5. The topological polar surface area (TPSA) is 78.1 Å². The summed E-state index contributed by atoms with van der Waals surface area (Å²) < 4.78 is 18.3. The van der Waals surface area contributed by atoms with Crippen LogP contribution >= 0.6 is 12.4 Å². The molecule has 0 bridgehead atoms. The first-order valence-electron chi connectivity index (χ1n) is 5.55. The molecule has 0 aliphatic carbocycles. The van der Waals surface area contributed by atoms with Crippen molar-refractivity contribution in [3.05, 3.63) is 47.8 Å². The Morgan fingerprint density at radius 1 is 1.35 bits per heavy atom. The molecule has 7 heteroatoms. The van der Waals surface area contributed by atoms with Crippen molar-refractivity contribution in [2.45, 2.75) is 6.54 Å². The maximum absolute atomic E-state index is 13.8. The Balaban J connectivity index is 0.00000200. The fourth-order valence-electron chi connectivity index (χ4n) is 1.67. The van der Waals surface area contributed by atoms with E-state index in [2.05, 4.69) is 14.7 Å². The highest BCUT2D eigenvalue weighted by atomic mass is 35.5. The zero-order chi connectivity index (χ0) is 13.8. The lowest BCUT2D eigenvalue weighted by Crippen LogP contribution is -2.07. The maximum atomic E-state index is 13.8. The summed E-state index contributed by atoms with van der Waals surface area (Å²) in [6.07, 6.45) is 2.99. The molecule has 0 saturated carbocycles. The van der Waals surface area contributed by atoms with E-state index in [1.54, 1.807) is 6.07 Å². The van der Waals surface area contributed by atoms with Crippen molar-refractivity contribution in [3.63, 3.8) is 0 Å². The van der Waals surface area contributed by atoms with Crippen LogP contribution in [-0.2, 0) is 11.3 Å². The third-order valence-corrected chi connectivity index (χ3v) is 2.60. The molecule has 0 saturated heterocycles. The summed E-state index contributed by atoms with van der Waals surface area (Å²) in [6, 6.07) is 4.31. The van der Waals surface area contributed by atoms with Crippen LogP contribution in [0.3, 0.4) is 0 Å². The van der Waals surface area contributed by atoms with Gasteiger partial charge < -0.3 is 10.5 Å². The fourth-order valence-corrected chi connectivity index (χ4v) is 1.67. The van der Waals surface area contributed by atoms with Crippen molar-refractivity contribution in [3.8, 4) is 11.1 Å². The molecule has 1 aromatic carbocycles. The summed E-state index contributed by atoms with van der Waals surface area (Å²) in [7, 11) is 1.20. The fraction of sp³-hybridized carbons (Fsp3) is 0.154. The molecule has 20 heavy (non-hydrogen) atoms. The second-order valence-electron chi connectivity index (χ2n) is 3.75. The number of nitrogens with zero attached hydrogens (tertiary/aromatic N) is 2. The molecular formula is C13H13ClFN3O2. The van der Waals surface area contributed by atoms with Crippen LogP contribution in [0, 0.1) is 5.82 Å². The van der Waals surface area contributed by atoms with Crippen LogP contribution in [0.2, 0.25) is 0 Å². The Kier molecular flexibility index (Phi) is 5.54. The average Bonchev–Trinajstić information content (AvgIpc) is 2.46. The molecule has 0 amide bonds. The van der Waals surface area contributed by atoms with E-state index >= 15 is 0 Å². The van der Waals surface area contributed by atoms with Crippen LogP contribution in [0.4, 0.5) is 4.39 Å². The van der Waals surface area contributed by atoms with Crippen LogP contribution < -0.4 is 5.73 Å². The van der Waals surface area contributed by atoms with Gasteiger partial charge >= 0.3 is 5.97 Å². The summed E-state index contributed by atoms with van der Waals surface area (Å²) >= 11 is 0. The van der Waals surface area contributed by atoms with E-state index < -0.39 is 11.8 Å². The summed E-state index contributed by atoms with van der Waals surface area (Å²) in [6.45, 7) is 0.216. The monoisotopic (exact) mass is 297 g/mol. The Morgan fingerprint density at radius 2 is 2.00 bits per heavy atom. The van der Waals surface area contributed by atoms with E-state index in [1.165, 1.54) is 31.6 Å². The first-order chi connectivity index (χ1) is 9.17. The lowest BCUT2D eigenvalue weighted by atomic mass is 10.0. The van der Waals surface area contributed by atoms with Crippen LogP contribution in [-0.4, -0.2) is 23.0 Å².